The standard InChI is InChI=1S/C15H20N2O2/c1-15(2,3)11-7-10(5-6-12(11)18-4)14-13(8-16)19-9-17-14/h5-7,9H,8,16H2,1-4H3. The molecule has 0 aliphatic carbocycles. The zero-order valence-corrected chi connectivity index (χ0v) is 11.9. The molecule has 0 saturated carbocycles. The van der Waals surface area contributed by atoms with E-state index in [9.17, 15) is 0 Å². The van der Waals surface area contributed by atoms with Gasteiger partial charge in [-0.3, -0.25) is 0 Å². The quantitative estimate of drug-likeness (QED) is 0.921. The third kappa shape index (κ3) is 2.63. The Morgan fingerprint density at radius 2 is 2.05 bits per heavy atom. The van der Waals surface area contributed by atoms with Gasteiger partial charge in [-0.05, 0) is 23.6 Å². The van der Waals surface area contributed by atoms with Crippen LogP contribution in [0.5, 0.6) is 5.75 Å². The van der Waals surface area contributed by atoms with Crippen molar-refractivity contribution in [3.05, 3.63) is 35.9 Å². The molecule has 0 spiro atoms. The minimum absolute atomic E-state index is 0.00599. The largest absolute Gasteiger partial charge is 0.496 e. The summed E-state index contributed by atoms with van der Waals surface area (Å²) in [7, 11) is 1.69. The molecule has 2 rings (SSSR count). The highest BCUT2D eigenvalue weighted by molar-refractivity contribution is 5.64. The molecule has 0 amide bonds. The number of nitrogens with zero attached hydrogens (tertiary/aromatic N) is 1. The first-order chi connectivity index (χ1) is 8.97. The molecule has 0 bridgehead atoms. The van der Waals surface area contributed by atoms with Crippen molar-refractivity contribution < 1.29 is 9.15 Å². The summed E-state index contributed by atoms with van der Waals surface area (Å²) in [4.78, 5) is 4.25. The Labute approximate surface area is 113 Å². The molecule has 4 nitrogen and oxygen atoms in total. The van der Waals surface area contributed by atoms with Gasteiger partial charge in [0.05, 0.1) is 13.7 Å². The van der Waals surface area contributed by atoms with Crippen molar-refractivity contribution in [2.45, 2.75) is 32.7 Å². The molecular weight excluding hydrogens is 240 g/mol. The van der Waals surface area contributed by atoms with Crippen LogP contribution in [0.3, 0.4) is 0 Å². The number of rotatable bonds is 3. The predicted octanol–water partition coefficient (Wildman–Crippen LogP) is 3.11. The second kappa shape index (κ2) is 5.05. The van der Waals surface area contributed by atoms with E-state index in [1.165, 1.54) is 6.39 Å². The fraction of sp³-hybridized carbons (Fsp3) is 0.400. The van der Waals surface area contributed by atoms with Gasteiger partial charge in [0, 0.05) is 11.1 Å². The molecule has 1 heterocycles. The number of methoxy groups -OCH3 is 1. The normalized spacial score (nSPS) is 11.6. The minimum atomic E-state index is -0.00599. The SMILES string of the molecule is COc1ccc(-c2ncoc2CN)cc1C(C)(C)C. The van der Waals surface area contributed by atoms with Gasteiger partial charge in [0.15, 0.2) is 6.39 Å². The van der Waals surface area contributed by atoms with Crippen LogP contribution in [0.25, 0.3) is 11.3 Å². The second-order valence-corrected chi connectivity index (χ2v) is 5.49. The third-order valence-corrected chi connectivity index (χ3v) is 3.11. The first-order valence-corrected chi connectivity index (χ1v) is 6.28. The van der Waals surface area contributed by atoms with Crippen molar-refractivity contribution in [3.8, 4) is 17.0 Å². The third-order valence-electron chi connectivity index (χ3n) is 3.11. The van der Waals surface area contributed by atoms with Crippen molar-refractivity contribution in [1.82, 2.24) is 4.98 Å². The van der Waals surface area contributed by atoms with Gasteiger partial charge in [0.2, 0.25) is 0 Å². The van der Waals surface area contributed by atoms with Crippen LogP contribution in [0.15, 0.2) is 29.0 Å². The van der Waals surface area contributed by atoms with Gasteiger partial charge in [-0.2, -0.15) is 0 Å². The summed E-state index contributed by atoms with van der Waals surface area (Å²) in [5, 5.41) is 0. The van der Waals surface area contributed by atoms with Gasteiger partial charge in [-0.15, -0.1) is 0 Å². The van der Waals surface area contributed by atoms with Crippen LogP contribution in [0.4, 0.5) is 0 Å². The number of hydrogen-bond donors (Lipinski definition) is 1. The lowest BCUT2D eigenvalue weighted by atomic mass is 9.85. The highest BCUT2D eigenvalue weighted by atomic mass is 16.5. The summed E-state index contributed by atoms with van der Waals surface area (Å²) in [5.74, 6) is 1.58. The lowest BCUT2D eigenvalue weighted by Crippen LogP contribution is -2.13. The van der Waals surface area contributed by atoms with Crippen molar-refractivity contribution in [2.75, 3.05) is 7.11 Å². The zero-order valence-electron chi connectivity index (χ0n) is 11.9. The highest BCUT2D eigenvalue weighted by Crippen LogP contribution is 2.35. The molecule has 1 aromatic carbocycles. The average molecular weight is 260 g/mol. The molecule has 102 valence electrons. The van der Waals surface area contributed by atoms with Gasteiger partial charge in [-0.25, -0.2) is 4.98 Å². The number of benzene rings is 1. The van der Waals surface area contributed by atoms with Crippen LogP contribution in [-0.2, 0) is 12.0 Å². The zero-order chi connectivity index (χ0) is 14.0. The van der Waals surface area contributed by atoms with E-state index in [1.54, 1.807) is 7.11 Å². The first-order valence-electron chi connectivity index (χ1n) is 6.28. The highest BCUT2D eigenvalue weighted by Gasteiger charge is 2.20. The van der Waals surface area contributed by atoms with E-state index in [1.807, 2.05) is 12.1 Å². The summed E-state index contributed by atoms with van der Waals surface area (Å²) in [5.41, 5.74) is 8.59. The first kappa shape index (κ1) is 13.6. The van der Waals surface area contributed by atoms with E-state index in [4.69, 9.17) is 14.9 Å². The van der Waals surface area contributed by atoms with Crippen molar-refractivity contribution >= 4 is 0 Å². The summed E-state index contributed by atoms with van der Waals surface area (Å²) in [6.45, 7) is 6.80. The molecular formula is C15H20N2O2. The Balaban J connectivity index is 2.55. The lowest BCUT2D eigenvalue weighted by molar-refractivity contribution is 0.397. The summed E-state index contributed by atoms with van der Waals surface area (Å²) >= 11 is 0. The minimum Gasteiger partial charge on any atom is -0.496 e. The van der Waals surface area contributed by atoms with Gasteiger partial charge < -0.3 is 14.9 Å². The number of oxazole rings is 1. The van der Waals surface area contributed by atoms with Crippen LogP contribution in [0, 0.1) is 0 Å². The van der Waals surface area contributed by atoms with E-state index in [0.717, 1.165) is 22.6 Å². The predicted molar refractivity (Wildman–Crippen MR) is 75.1 cm³/mol. The maximum absolute atomic E-state index is 5.65. The van der Waals surface area contributed by atoms with Gasteiger partial charge in [0.25, 0.3) is 0 Å². The topological polar surface area (TPSA) is 61.3 Å². The lowest BCUT2D eigenvalue weighted by Gasteiger charge is -2.22. The van der Waals surface area contributed by atoms with Crippen molar-refractivity contribution in [3.63, 3.8) is 0 Å². The van der Waals surface area contributed by atoms with E-state index in [2.05, 4.69) is 31.8 Å². The fourth-order valence-electron chi connectivity index (χ4n) is 2.09. The Morgan fingerprint density at radius 1 is 1.32 bits per heavy atom. The van der Waals surface area contributed by atoms with Crippen LogP contribution in [0.2, 0.25) is 0 Å². The summed E-state index contributed by atoms with van der Waals surface area (Å²) in [6, 6.07) is 6.03. The number of aromatic nitrogens is 1. The van der Waals surface area contributed by atoms with E-state index < -0.39 is 0 Å². The van der Waals surface area contributed by atoms with Crippen LogP contribution >= 0.6 is 0 Å². The Morgan fingerprint density at radius 3 is 2.63 bits per heavy atom. The molecule has 0 aliphatic rings. The molecule has 0 radical (unpaired) electrons. The van der Waals surface area contributed by atoms with Gasteiger partial charge in [0.1, 0.15) is 17.2 Å². The molecule has 2 aromatic rings. The van der Waals surface area contributed by atoms with E-state index >= 15 is 0 Å². The fourth-order valence-corrected chi connectivity index (χ4v) is 2.09. The monoisotopic (exact) mass is 260 g/mol. The molecule has 0 aliphatic heterocycles. The van der Waals surface area contributed by atoms with E-state index in [-0.39, 0.29) is 5.41 Å². The Hall–Kier alpha value is -1.81. The molecule has 1 aromatic heterocycles. The molecule has 0 fully saturated rings. The van der Waals surface area contributed by atoms with Gasteiger partial charge >= 0.3 is 0 Å². The Kier molecular flexibility index (Phi) is 3.62. The average Bonchev–Trinajstić information content (AvgIpc) is 2.85. The van der Waals surface area contributed by atoms with Crippen molar-refractivity contribution in [1.29, 1.82) is 0 Å². The van der Waals surface area contributed by atoms with Crippen LogP contribution in [-0.4, -0.2) is 12.1 Å². The van der Waals surface area contributed by atoms with Crippen molar-refractivity contribution in [2.24, 2.45) is 5.73 Å². The summed E-state index contributed by atoms with van der Waals surface area (Å²) in [6.07, 6.45) is 1.43. The molecule has 4 heteroatoms. The summed E-state index contributed by atoms with van der Waals surface area (Å²) < 4.78 is 10.7. The van der Waals surface area contributed by atoms with Gasteiger partial charge in [-0.1, -0.05) is 20.8 Å². The smallest absolute Gasteiger partial charge is 0.181 e. The number of nitrogens with two attached hydrogens (primary N) is 1. The molecule has 19 heavy (non-hydrogen) atoms. The number of ether oxygens (including phenoxy) is 1. The maximum atomic E-state index is 5.65. The van der Waals surface area contributed by atoms with Crippen LogP contribution < -0.4 is 10.5 Å². The second-order valence-electron chi connectivity index (χ2n) is 5.49. The molecule has 0 atom stereocenters. The number of hydrogen-bond acceptors (Lipinski definition) is 4. The molecule has 0 saturated heterocycles. The van der Waals surface area contributed by atoms with Crippen LogP contribution in [0.1, 0.15) is 32.1 Å². The van der Waals surface area contributed by atoms with E-state index in [0.29, 0.717) is 12.3 Å². The molecule has 0 unspecified atom stereocenters. The molecule has 2 N–H and O–H groups in total. The Bertz CT molecular complexity index is 568. The maximum Gasteiger partial charge on any atom is 0.181 e.